The minimum Gasteiger partial charge on any atom is -0.346 e. The van der Waals surface area contributed by atoms with Gasteiger partial charge >= 0.3 is 0 Å². The fraction of sp³-hybridized carbons (Fsp3) is 0.375. The van der Waals surface area contributed by atoms with Gasteiger partial charge in [-0.25, -0.2) is 0 Å². The van der Waals surface area contributed by atoms with E-state index < -0.39 is 0 Å². The highest BCUT2D eigenvalue weighted by Gasteiger charge is 2.22. The maximum Gasteiger partial charge on any atom is 0.0642 e. The van der Waals surface area contributed by atoms with Crippen LogP contribution < -0.4 is 0 Å². The van der Waals surface area contributed by atoms with Crippen LogP contribution in [0, 0.1) is 19.3 Å². The molecule has 0 amide bonds. The average Bonchev–Trinajstić information content (AvgIpc) is 2.62. The van der Waals surface area contributed by atoms with Crippen molar-refractivity contribution in [2.45, 2.75) is 19.9 Å². The van der Waals surface area contributed by atoms with Crippen LogP contribution in [0.3, 0.4) is 0 Å². The first-order valence-electron chi connectivity index (χ1n) is 6.37. The molecule has 3 rings (SSSR count). The number of likely N-dealkylation sites (N-methyl/N-ethyl adjacent to an activating group) is 1. The minimum absolute atomic E-state index is 1.02. The zero-order valence-electron chi connectivity index (χ0n) is 11.2. The average molecular weight is 238 g/mol. The number of fused-ring (bicyclic) bond motifs is 3. The van der Waals surface area contributed by atoms with Crippen molar-refractivity contribution in [2.75, 3.05) is 13.6 Å². The summed E-state index contributed by atoms with van der Waals surface area (Å²) >= 11 is 0. The zero-order valence-corrected chi connectivity index (χ0v) is 11.2. The highest BCUT2D eigenvalue weighted by molar-refractivity contribution is 5.91. The molecule has 18 heavy (non-hydrogen) atoms. The molecular formula is C16H18N2. The number of benzene rings is 1. The predicted molar refractivity (Wildman–Crippen MR) is 75.6 cm³/mol. The standard InChI is InChI=1S/C16H18N2/c1-5-12-8-11(2)9-13-14-10-17(3)7-6-15(14)18(4)16(12)13/h1,8-9H,6-7,10H2,2-4H3. The number of rotatable bonds is 0. The molecule has 0 N–H and O–H groups in total. The lowest BCUT2D eigenvalue weighted by Gasteiger charge is -2.23. The van der Waals surface area contributed by atoms with Gasteiger partial charge in [0.05, 0.1) is 5.52 Å². The SMILES string of the molecule is C#Cc1cc(C)cc2c3c(n(C)c12)CCN(C)C3. The highest BCUT2D eigenvalue weighted by Crippen LogP contribution is 2.32. The number of terminal acetylenes is 1. The van der Waals surface area contributed by atoms with E-state index >= 15 is 0 Å². The quantitative estimate of drug-likeness (QED) is 0.640. The van der Waals surface area contributed by atoms with E-state index in [1.54, 1.807) is 0 Å². The Hall–Kier alpha value is -1.72. The molecule has 0 aliphatic carbocycles. The molecule has 1 aliphatic heterocycles. The smallest absolute Gasteiger partial charge is 0.0642 e. The number of hydrogen-bond donors (Lipinski definition) is 0. The first-order valence-corrected chi connectivity index (χ1v) is 6.37. The van der Waals surface area contributed by atoms with Crippen LogP contribution in [-0.4, -0.2) is 23.1 Å². The summed E-state index contributed by atoms with van der Waals surface area (Å²) in [5, 5.41) is 1.34. The Morgan fingerprint density at radius 2 is 2.06 bits per heavy atom. The van der Waals surface area contributed by atoms with Crippen LogP contribution in [0.2, 0.25) is 0 Å². The van der Waals surface area contributed by atoms with Crippen molar-refractivity contribution in [3.05, 3.63) is 34.5 Å². The van der Waals surface area contributed by atoms with Gasteiger partial charge in [0, 0.05) is 43.2 Å². The van der Waals surface area contributed by atoms with E-state index in [1.165, 1.54) is 27.7 Å². The summed E-state index contributed by atoms with van der Waals surface area (Å²) in [7, 11) is 4.32. The summed E-state index contributed by atoms with van der Waals surface area (Å²) in [5.41, 5.74) is 6.40. The molecule has 0 radical (unpaired) electrons. The van der Waals surface area contributed by atoms with Crippen LogP contribution in [0.25, 0.3) is 10.9 Å². The molecule has 1 aromatic carbocycles. The Balaban J connectivity index is 2.41. The van der Waals surface area contributed by atoms with Crippen molar-refractivity contribution in [3.63, 3.8) is 0 Å². The Morgan fingerprint density at radius 3 is 2.78 bits per heavy atom. The molecule has 92 valence electrons. The Bertz CT molecular complexity index is 671. The summed E-state index contributed by atoms with van der Waals surface area (Å²) in [6, 6.07) is 4.38. The van der Waals surface area contributed by atoms with E-state index in [9.17, 15) is 0 Å². The van der Waals surface area contributed by atoms with Crippen LogP contribution in [0.1, 0.15) is 22.4 Å². The van der Waals surface area contributed by atoms with Gasteiger partial charge < -0.3 is 9.47 Å². The summed E-state index contributed by atoms with van der Waals surface area (Å²) in [6.07, 6.45) is 6.78. The van der Waals surface area contributed by atoms with Gasteiger partial charge in [-0.15, -0.1) is 6.42 Å². The maximum atomic E-state index is 5.67. The zero-order chi connectivity index (χ0) is 12.9. The third kappa shape index (κ3) is 1.48. The van der Waals surface area contributed by atoms with Gasteiger partial charge in [-0.3, -0.25) is 0 Å². The van der Waals surface area contributed by atoms with Gasteiger partial charge in [-0.2, -0.15) is 0 Å². The van der Waals surface area contributed by atoms with Crippen LogP contribution in [0.5, 0.6) is 0 Å². The summed E-state index contributed by atoms with van der Waals surface area (Å²) in [6.45, 7) is 4.27. The first kappa shape index (κ1) is 11.4. The van der Waals surface area contributed by atoms with Gasteiger partial charge in [0.25, 0.3) is 0 Å². The second kappa shape index (κ2) is 3.90. The van der Waals surface area contributed by atoms with Gasteiger partial charge in [0.15, 0.2) is 0 Å². The summed E-state index contributed by atoms with van der Waals surface area (Å²) < 4.78 is 2.30. The monoisotopic (exact) mass is 238 g/mol. The normalized spacial score (nSPS) is 15.7. The van der Waals surface area contributed by atoms with Crippen LogP contribution in [0.15, 0.2) is 12.1 Å². The Kier molecular flexibility index (Phi) is 2.46. The van der Waals surface area contributed by atoms with Crippen molar-refractivity contribution >= 4 is 10.9 Å². The van der Waals surface area contributed by atoms with Crippen molar-refractivity contribution in [2.24, 2.45) is 7.05 Å². The molecule has 0 unspecified atom stereocenters. The lowest BCUT2D eigenvalue weighted by Crippen LogP contribution is -2.26. The lowest BCUT2D eigenvalue weighted by molar-refractivity contribution is 0.310. The molecule has 0 atom stereocenters. The van der Waals surface area contributed by atoms with Gasteiger partial charge in [-0.05, 0) is 37.2 Å². The van der Waals surface area contributed by atoms with E-state index in [0.29, 0.717) is 0 Å². The van der Waals surface area contributed by atoms with Crippen molar-refractivity contribution < 1.29 is 0 Å². The molecule has 0 saturated carbocycles. The second-order valence-corrected chi connectivity index (χ2v) is 5.33. The van der Waals surface area contributed by atoms with Crippen LogP contribution in [-0.2, 0) is 20.0 Å². The third-order valence-corrected chi connectivity index (χ3v) is 3.98. The van der Waals surface area contributed by atoms with E-state index in [2.05, 4.69) is 48.5 Å². The third-order valence-electron chi connectivity index (χ3n) is 3.98. The van der Waals surface area contributed by atoms with Crippen molar-refractivity contribution in [1.82, 2.24) is 9.47 Å². The molecule has 2 heteroatoms. The molecule has 1 aliphatic rings. The highest BCUT2D eigenvalue weighted by atomic mass is 15.1. The predicted octanol–water partition coefficient (Wildman–Crippen LogP) is 2.46. The van der Waals surface area contributed by atoms with Crippen LogP contribution in [0.4, 0.5) is 0 Å². The lowest BCUT2D eigenvalue weighted by atomic mass is 10.0. The second-order valence-electron chi connectivity index (χ2n) is 5.33. The fourth-order valence-electron chi connectivity index (χ4n) is 3.11. The largest absolute Gasteiger partial charge is 0.346 e. The molecule has 0 saturated heterocycles. The van der Waals surface area contributed by atoms with E-state index in [0.717, 1.165) is 25.1 Å². The topological polar surface area (TPSA) is 8.17 Å². The molecule has 2 aromatic rings. The molecule has 2 nitrogen and oxygen atoms in total. The molecule has 0 fully saturated rings. The fourth-order valence-corrected chi connectivity index (χ4v) is 3.11. The van der Waals surface area contributed by atoms with Gasteiger partial charge in [0.2, 0.25) is 0 Å². The molecule has 2 heterocycles. The minimum atomic E-state index is 1.02. The molecule has 0 spiro atoms. The summed E-state index contributed by atoms with van der Waals surface area (Å²) in [4.78, 5) is 2.37. The van der Waals surface area contributed by atoms with Crippen molar-refractivity contribution in [3.8, 4) is 12.3 Å². The maximum absolute atomic E-state index is 5.67. The number of hydrogen-bond acceptors (Lipinski definition) is 1. The van der Waals surface area contributed by atoms with E-state index in [-0.39, 0.29) is 0 Å². The molecule has 0 bridgehead atoms. The Labute approximate surface area is 108 Å². The molecule has 1 aromatic heterocycles. The van der Waals surface area contributed by atoms with Crippen LogP contribution >= 0.6 is 0 Å². The van der Waals surface area contributed by atoms with Crippen molar-refractivity contribution in [1.29, 1.82) is 0 Å². The molecular weight excluding hydrogens is 220 g/mol. The van der Waals surface area contributed by atoms with Gasteiger partial charge in [0.1, 0.15) is 0 Å². The van der Waals surface area contributed by atoms with Gasteiger partial charge in [-0.1, -0.05) is 5.92 Å². The number of aromatic nitrogens is 1. The first-order chi connectivity index (χ1) is 8.61. The van der Waals surface area contributed by atoms with E-state index in [1.807, 2.05) is 0 Å². The number of aryl methyl sites for hydroxylation is 2. The van der Waals surface area contributed by atoms with E-state index in [4.69, 9.17) is 6.42 Å². The number of nitrogens with zero attached hydrogens (tertiary/aromatic N) is 2. The Morgan fingerprint density at radius 1 is 1.28 bits per heavy atom. The summed E-state index contributed by atoms with van der Waals surface area (Å²) in [5.74, 6) is 2.84.